The van der Waals surface area contributed by atoms with E-state index in [1.165, 1.54) is 12.5 Å². The van der Waals surface area contributed by atoms with E-state index in [4.69, 9.17) is 10.8 Å². The smallest absolute Gasteiger partial charge is 0.325 e. The number of H-pyrrole nitrogens is 1. The average Bonchev–Trinajstić information content (AvgIpc) is 2.52. The summed E-state index contributed by atoms with van der Waals surface area (Å²) in [4.78, 5) is 21.5. The molecule has 0 aromatic carbocycles. The van der Waals surface area contributed by atoms with E-state index in [0.717, 1.165) is 0 Å². The summed E-state index contributed by atoms with van der Waals surface area (Å²) in [6.07, 6.45) is 2.91. The minimum Gasteiger partial charge on any atom is -0.480 e. The number of nitrogens with one attached hydrogen (secondary N) is 1. The Morgan fingerprint density at radius 1 is 1.67 bits per heavy atom. The Bertz CT molecular complexity index is 524. The molecule has 0 saturated heterocycles. The fraction of sp³-hybridized carbons (Fsp3) is 0.125. The van der Waals surface area contributed by atoms with Crippen molar-refractivity contribution in [3.05, 3.63) is 22.7 Å². The van der Waals surface area contributed by atoms with Gasteiger partial charge >= 0.3 is 5.97 Å². The second-order valence-electron chi connectivity index (χ2n) is 2.95. The highest BCUT2D eigenvalue weighted by molar-refractivity contribution is 9.10. The maximum Gasteiger partial charge on any atom is 0.325 e. The van der Waals surface area contributed by atoms with Crippen LogP contribution in [0.3, 0.4) is 0 Å². The van der Waals surface area contributed by atoms with Crippen LogP contribution in [0.15, 0.2) is 17.1 Å². The summed E-state index contributed by atoms with van der Waals surface area (Å²) >= 11 is 3.21. The van der Waals surface area contributed by atoms with E-state index in [-0.39, 0.29) is 0 Å². The number of carbonyl (C=O) groups is 1. The maximum absolute atomic E-state index is 10.8. The number of fused-ring (bicyclic) bond motifs is 1. The van der Waals surface area contributed by atoms with E-state index < -0.39 is 12.0 Å². The number of nitrogens with zero attached hydrogens (tertiary/aromatic N) is 2. The lowest BCUT2D eigenvalue weighted by Crippen LogP contribution is -2.20. The zero-order valence-electron chi connectivity index (χ0n) is 7.44. The standard InChI is InChI=1S/C8H7BrN4O2/c9-6-4(5(10)8(14)15)3-1-11-2-12-7(3)13-6/h1-2,5H,10H2,(H,14,15)(H,11,12,13). The third-order valence-electron chi connectivity index (χ3n) is 2.04. The summed E-state index contributed by atoms with van der Waals surface area (Å²) in [6.45, 7) is 0. The van der Waals surface area contributed by atoms with Gasteiger partial charge in [0.2, 0.25) is 0 Å². The number of nitrogens with two attached hydrogens (primary N) is 1. The molecule has 0 spiro atoms. The van der Waals surface area contributed by atoms with Crippen molar-refractivity contribution >= 4 is 32.9 Å². The summed E-state index contributed by atoms with van der Waals surface area (Å²) in [6, 6.07) is -1.10. The first-order chi connectivity index (χ1) is 7.11. The molecule has 6 nitrogen and oxygen atoms in total. The highest BCUT2D eigenvalue weighted by atomic mass is 79.9. The fourth-order valence-electron chi connectivity index (χ4n) is 1.34. The summed E-state index contributed by atoms with van der Waals surface area (Å²) in [5.41, 5.74) is 6.56. The van der Waals surface area contributed by atoms with Gasteiger partial charge in [0, 0.05) is 17.1 Å². The first-order valence-electron chi connectivity index (χ1n) is 4.06. The van der Waals surface area contributed by atoms with Gasteiger partial charge in [0.25, 0.3) is 0 Å². The van der Waals surface area contributed by atoms with E-state index in [1.807, 2.05) is 0 Å². The van der Waals surface area contributed by atoms with E-state index in [2.05, 4.69) is 30.9 Å². The normalized spacial score (nSPS) is 12.9. The van der Waals surface area contributed by atoms with E-state index in [0.29, 0.717) is 21.2 Å². The molecule has 0 radical (unpaired) electrons. The largest absolute Gasteiger partial charge is 0.480 e. The first kappa shape index (κ1) is 10.1. The predicted molar refractivity (Wildman–Crippen MR) is 56.2 cm³/mol. The Labute approximate surface area is 92.7 Å². The third-order valence-corrected chi connectivity index (χ3v) is 2.67. The van der Waals surface area contributed by atoms with Crippen LogP contribution < -0.4 is 5.73 Å². The van der Waals surface area contributed by atoms with Crippen molar-refractivity contribution in [1.29, 1.82) is 0 Å². The number of hydrogen-bond donors (Lipinski definition) is 3. The topological polar surface area (TPSA) is 105 Å². The minimum absolute atomic E-state index is 0.457. The molecule has 2 aromatic rings. The van der Waals surface area contributed by atoms with Gasteiger partial charge in [-0.1, -0.05) is 0 Å². The van der Waals surface area contributed by atoms with Crippen molar-refractivity contribution in [3.63, 3.8) is 0 Å². The first-order valence-corrected chi connectivity index (χ1v) is 4.86. The minimum atomic E-state index is -1.10. The summed E-state index contributed by atoms with van der Waals surface area (Å²) in [5, 5.41) is 9.45. The molecule has 0 amide bonds. The molecule has 1 atom stereocenters. The van der Waals surface area contributed by atoms with Crippen LogP contribution in [0.5, 0.6) is 0 Å². The molecule has 2 rings (SSSR count). The Morgan fingerprint density at radius 2 is 2.40 bits per heavy atom. The van der Waals surface area contributed by atoms with Gasteiger partial charge in [0.1, 0.15) is 18.0 Å². The van der Waals surface area contributed by atoms with E-state index >= 15 is 0 Å². The molecular formula is C8H7BrN4O2. The van der Waals surface area contributed by atoms with Gasteiger partial charge in [-0.3, -0.25) is 4.79 Å². The van der Waals surface area contributed by atoms with Crippen LogP contribution in [0.25, 0.3) is 11.0 Å². The number of rotatable bonds is 2. The SMILES string of the molecule is NC(C(=O)O)c1c(Br)[nH]c2ncncc12. The summed E-state index contributed by atoms with van der Waals surface area (Å²) in [7, 11) is 0. The van der Waals surface area contributed by atoms with Gasteiger partial charge in [-0.15, -0.1) is 0 Å². The van der Waals surface area contributed by atoms with Crippen LogP contribution in [0.2, 0.25) is 0 Å². The van der Waals surface area contributed by atoms with Crippen LogP contribution in [0, 0.1) is 0 Å². The van der Waals surface area contributed by atoms with Crippen molar-refractivity contribution in [3.8, 4) is 0 Å². The third kappa shape index (κ3) is 1.59. The van der Waals surface area contributed by atoms with Crippen LogP contribution in [0.1, 0.15) is 11.6 Å². The number of aromatic nitrogens is 3. The van der Waals surface area contributed by atoms with Crippen molar-refractivity contribution in [1.82, 2.24) is 15.0 Å². The number of aliphatic carboxylic acids is 1. The number of carboxylic acids is 1. The monoisotopic (exact) mass is 270 g/mol. The van der Waals surface area contributed by atoms with Crippen molar-refractivity contribution in [2.45, 2.75) is 6.04 Å². The second-order valence-corrected chi connectivity index (χ2v) is 3.75. The molecule has 7 heteroatoms. The molecule has 0 bridgehead atoms. The van der Waals surface area contributed by atoms with Crippen molar-refractivity contribution < 1.29 is 9.90 Å². The fourth-order valence-corrected chi connectivity index (χ4v) is 1.99. The molecule has 2 aromatic heterocycles. The molecule has 0 aliphatic rings. The van der Waals surface area contributed by atoms with Gasteiger partial charge in [-0.25, -0.2) is 9.97 Å². The van der Waals surface area contributed by atoms with Gasteiger partial charge in [-0.2, -0.15) is 0 Å². The molecule has 0 saturated carbocycles. The predicted octanol–water partition coefficient (Wildman–Crippen LogP) is 0.805. The van der Waals surface area contributed by atoms with Gasteiger partial charge in [0.05, 0.1) is 4.60 Å². The Kier molecular flexibility index (Phi) is 2.41. The molecule has 4 N–H and O–H groups in total. The highest BCUT2D eigenvalue weighted by Crippen LogP contribution is 2.29. The Morgan fingerprint density at radius 3 is 3.07 bits per heavy atom. The summed E-state index contributed by atoms with van der Waals surface area (Å²) < 4.78 is 0.521. The molecule has 1 unspecified atom stereocenters. The second kappa shape index (κ2) is 3.59. The number of carboxylic acid groups (broad SMARTS) is 1. The average molecular weight is 271 g/mol. The maximum atomic E-state index is 10.8. The quantitative estimate of drug-likeness (QED) is 0.749. The molecule has 0 aliphatic heterocycles. The van der Waals surface area contributed by atoms with Crippen molar-refractivity contribution in [2.24, 2.45) is 5.73 Å². The Hall–Kier alpha value is -1.47. The zero-order valence-corrected chi connectivity index (χ0v) is 9.02. The molecule has 2 heterocycles. The van der Waals surface area contributed by atoms with Crippen molar-refractivity contribution in [2.75, 3.05) is 0 Å². The Balaban J connectivity index is 2.68. The van der Waals surface area contributed by atoms with Crippen LogP contribution in [0.4, 0.5) is 0 Å². The number of aromatic amines is 1. The zero-order chi connectivity index (χ0) is 11.0. The van der Waals surface area contributed by atoms with Crippen LogP contribution >= 0.6 is 15.9 Å². The molecule has 0 aliphatic carbocycles. The molecule has 78 valence electrons. The lowest BCUT2D eigenvalue weighted by atomic mass is 10.1. The van der Waals surface area contributed by atoms with Crippen LogP contribution in [-0.4, -0.2) is 26.0 Å². The molecule has 0 fully saturated rings. The van der Waals surface area contributed by atoms with Gasteiger partial charge < -0.3 is 15.8 Å². The van der Waals surface area contributed by atoms with Crippen LogP contribution in [-0.2, 0) is 4.79 Å². The van der Waals surface area contributed by atoms with E-state index in [9.17, 15) is 4.79 Å². The number of halogens is 1. The lowest BCUT2D eigenvalue weighted by molar-refractivity contribution is -0.138. The van der Waals surface area contributed by atoms with Gasteiger partial charge in [0.15, 0.2) is 0 Å². The molecule has 15 heavy (non-hydrogen) atoms. The van der Waals surface area contributed by atoms with Gasteiger partial charge in [-0.05, 0) is 15.9 Å². The summed E-state index contributed by atoms with van der Waals surface area (Å²) in [5.74, 6) is -1.10. The lowest BCUT2D eigenvalue weighted by Gasteiger charge is -2.04. The number of hydrogen-bond acceptors (Lipinski definition) is 4. The molecular weight excluding hydrogens is 264 g/mol. The highest BCUT2D eigenvalue weighted by Gasteiger charge is 2.22. The van der Waals surface area contributed by atoms with E-state index in [1.54, 1.807) is 0 Å².